The van der Waals surface area contributed by atoms with Crippen LogP contribution in [0, 0.1) is 0 Å². The second kappa shape index (κ2) is 6.36. The predicted molar refractivity (Wildman–Crippen MR) is 111 cm³/mol. The molecule has 1 aromatic heterocycles. The third-order valence-electron chi connectivity index (χ3n) is 5.94. The van der Waals surface area contributed by atoms with E-state index in [1.807, 2.05) is 17.8 Å². The Balaban J connectivity index is 1.70. The molecule has 1 saturated carbocycles. The predicted octanol–water partition coefficient (Wildman–Crippen LogP) is 4.44. The molecule has 1 aliphatic carbocycles. The van der Waals surface area contributed by atoms with E-state index in [0.717, 1.165) is 28.1 Å². The summed E-state index contributed by atoms with van der Waals surface area (Å²) in [4.78, 5) is 12.4. The topological polar surface area (TPSA) is 56.2 Å². The first-order valence-electron chi connectivity index (χ1n) is 10.00. The molecule has 0 bridgehead atoms. The fourth-order valence-corrected chi connectivity index (χ4v) is 4.43. The lowest BCUT2D eigenvalue weighted by Gasteiger charge is -2.19. The van der Waals surface area contributed by atoms with Gasteiger partial charge >= 0.3 is 0 Å². The summed E-state index contributed by atoms with van der Waals surface area (Å²) in [6, 6.07) is 10.8. The van der Waals surface area contributed by atoms with Crippen LogP contribution in [0.25, 0.3) is 22.0 Å². The smallest absolute Gasteiger partial charge is 0.139 e. The van der Waals surface area contributed by atoms with Crippen molar-refractivity contribution in [3.8, 4) is 16.9 Å². The Morgan fingerprint density at radius 2 is 2.04 bits per heavy atom. The van der Waals surface area contributed by atoms with Crippen LogP contribution in [0.3, 0.4) is 0 Å². The molecule has 0 spiro atoms. The van der Waals surface area contributed by atoms with Gasteiger partial charge in [0.1, 0.15) is 11.5 Å². The average Bonchev–Trinajstić information content (AvgIpc) is 3.48. The van der Waals surface area contributed by atoms with Gasteiger partial charge in [-0.1, -0.05) is 6.07 Å². The molecule has 28 heavy (non-hydrogen) atoms. The highest BCUT2D eigenvalue weighted by Crippen LogP contribution is 2.44. The SMILES string of the molecule is COc1ccc(-c2ccc3c(c2)c(C2CC2)nn3C)c2c1CC(=O)C[C@@H](C)N2. The monoisotopic (exact) mass is 375 g/mol. The molecule has 0 saturated heterocycles. The number of ether oxygens (including phenoxy) is 1. The molecule has 5 heteroatoms. The van der Waals surface area contributed by atoms with Crippen molar-refractivity contribution in [3.05, 3.63) is 41.6 Å². The molecule has 0 unspecified atom stereocenters. The number of methoxy groups -OCH3 is 1. The highest BCUT2D eigenvalue weighted by atomic mass is 16.5. The first-order valence-corrected chi connectivity index (χ1v) is 10.00. The summed E-state index contributed by atoms with van der Waals surface area (Å²) in [6.45, 7) is 2.06. The molecule has 1 atom stereocenters. The van der Waals surface area contributed by atoms with Crippen LogP contribution >= 0.6 is 0 Å². The molecule has 1 N–H and O–H groups in total. The third kappa shape index (κ3) is 2.77. The van der Waals surface area contributed by atoms with Crippen LogP contribution < -0.4 is 10.1 Å². The molecule has 0 amide bonds. The number of anilines is 1. The Labute approximate surface area is 164 Å². The van der Waals surface area contributed by atoms with Crippen LogP contribution in [0.1, 0.15) is 43.4 Å². The third-order valence-corrected chi connectivity index (χ3v) is 5.94. The maximum atomic E-state index is 12.4. The lowest BCUT2D eigenvalue weighted by atomic mass is 9.95. The normalized spacial score (nSPS) is 19.2. The van der Waals surface area contributed by atoms with Crippen molar-refractivity contribution in [1.82, 2.24) is 9.78 Å². The van der Waals surface area contributed by atoms with Crippen LogP contribution in [-0.2, 0) is 18.3 Å². The molecule has 5 nitrogen and oxygen atoms in total. The van der Waals surface area contributed by atoms with E-state index in [4.69, 9.17) is 9.84 Å². The Bertz CT molecular complexity index is 1090. The fourth-order valence-electron chi connectivity index (χ4n) is 4.43. The molecular formula is C23H25N3O2. The summed E-state index contributed by atoms with van der Waals surface area (Å²) in [5, 5.41) is 9.59. The van der Waals surface area contributed by atoms with Gasteiger partial charge in [-0.05, 0) is 49.6 Å². The number of fused-ring (bicyclic) bond motifs is 2. The zero-order valence-electron chi connectivity index (χ0n) is 16.6. The minimum atomic E-state index is 0.101. The van der Waals surface area contributed by atoms with E-state index < -0.39 is 0 Å². The van der Waals surface area contributed by atoms with Gasteiger partial charge in [-0.3, -0.25) is 9.48 Å². The number of Topliss-reactive ketones (excluding diaryl/α,β-unsaturated/α-hetero) is 1. The van der Waals surface area contributed by atoms with Crippen LogP contribution in [-0.4, -0.2) is 28.7 Å². The molecule has 5 rings (SSSR count). The minimum Gasteiger partial charge on any atom is -0.496 e. The zero-order valence-corrected chi connectivity index (χ0v) is 16.6. The average molecular weight is 375 g/mol. The van der Waals surface area contributed by atoms with Crippen LogP contribution in [0.15, 0.2) is 30.3 Å². The standard InChI is InChI=1S/C23H25N3O2/c1-13-10-16(27)12-19-21(28-3)9-7-17(23(19)24-13)15-6-8-20-18(11-15)22(14-4-5-14)25-26(20)2/h6-9,11,13-14,24H,4-5,10,12H2,1-3H3/t13-/m1/s1. The van der Waals surface area contributed by atoms with Crippen molar-refractivity contribution in [2.24, 2.45) is 7.05 Å². The van der Waals surface area contributed by atoms with Crippen molar-refractivity contribution < 1.29 is 9.53 Å². The van der Waals surface area contributed by atoms with Gasteiger partial charge in [0, 0.05) is 54.0 Å². The molecule has 0 radical (unpaired) electrons. The molecule has 1 fully saturated rings. The molecule has 2 heterocycles. The lowest BCUT2D eigenvalue weighted by molar-refractivity contribution is -0.118. The first-order chi connectivity index (χ1) is 13.5. The number of aromatic nitrogens is 2. The van der Waals surface area contributed by atoms with E-state index in [9.17, 15) is 4.79 Å². The fraction of sp³-hybridized carbons (Fsp3) is 0.391. The summed E-state index contributed by atoms with van der Waals surface area (Å²) < 4.78 is 7.56. The van der Waals surface area contributed by atoms with Gasteiger partial charge in [-0.25, -0.2) is 0 Å². The summed E-state index contributed by atoms with van der Waals surface area (Å²) in [5.74, 6) is 1.62. The van der Waals surface area contributed by atoms with Crippen molar-refractivity contribution in [1.29, 1.82) is 0 Å². The maximum Gasteiger partial charge on any atom is 0.139 e. The molecule has 3 aromatic rings. The molecular weight excluding hydrogens is 350 g/mol. The number of nitrogens with one attached hydrogen (secondary N) is 1. The van der Waals surface area contributed by atoms with E-state index in [-0.39, 0.29) is 11.8 Å². The van der Waals surface area contributed by atoms with Gasteiger partial charge in [0.05, 0.1) is 18.3 Å². The molecule has 1 aliphatic heterocycles. The van der Waals surface area contributed by atoms with Crippen molar-refractivity contribution in [3.63, 3.8) is 0 Å². The summed E-state index contributed by atoms with van der Waals surface area (Å²) in [6.07, 6.45) is 3.40. The second-order valence-electron chi connectivity index (χ2n) is 8.15. The maximum absolute atomic E-state index is 12.4. The number of nitrogens with zero attached hydrogens (tertiary/aromatic N) is 2. The van der Waals surface area contributed by atoms with Gasteiger partial charge in [-0.2, -0.15) is 5.10 Å². The van der Waals surface area contributed by atoms with Crippen molar-refractivity contribution in [2.45, 2.75) is 44.6 Å². The Morgan fingerprint density at radius 3 is 2.79 bits per heavy atom. The number of carbonyl (C=O) groups is 1. The highest BCUT2D eigenvalue weighted by Gasteiger charge is 2.29. The van der Waals surface area contributed by atoms with Gasteiger partial charge in [0.15, 0.2) is 0 Å². The van der Waals surface area contributed by atoms with Crippen molar-refractivity contribution >= 4 is 22.4 Å². The van der Waals surface area contributed by atoms with Crippen LogP contribution in [0.4, 0.5) is 5.69 Å². The van der Waals surface area contributed by atoms with Gasteiger partial charge in [0.25, 0.3) is 0 Å². The Kier molecular flexibility index (Phi) is 3.93. The largest absolute Gasteiger partial charge is 0.496 e. The van der Waals surface area contributed by atoms with E-state index in [1.54, 1.807) is 7.11 Å². The van der Waals surface area contributed by atoms with E-state index in [2.05, 4.69) is 36.5 Å². The van der Waals surface area contributed by atoms with Crippen LogP contribution in [0.2, 0.25) is 0 Å². The summed E-state index contributed by atoms with van der Waals surface area (Å²) in [7, 11) is 3.68. The number of hydrogen-bond donors (Lipinski definition) is 1. The van der Waals surface area contributed by atoms with Gasteiger partial charge in [-0.15, -0.1) is 0 Å². The van der Waals surface area contributed by atoms with Crippen molar-refractivity contribution in [2.75, 3.05) is 12.4 Å². The van der Waals surface area contributed by atoms with E-state index >= 15 is 0 Å². The first kappa shape index (κ1) is 17.3. The number of carbonyl (C=O) groups excluding carboxylic acids is 1. The molecule has 2 aliphatic rings. The Hall–Kier alpha value is -2.82. The van der Waals surface area contributed by atoms with E-state index in [1.165, 1.54) is 29.4 Å². The quantitative estimate of drug-likeness (QED) is 0.735. The van der Waals surface area contributed by atoms with E-state index in [0.29, 0.717) is 18.8 Å². The number of rotatable bonds is 3. The molecule has 2 aromatic carbocycles. The summed E-state index contributed by atoms with van der Waals surface area (Å²) >= 11 is 0. The lowest BCUT2D eigenvalue weighted by Crippen LogP contribution is -2.17. The highest BCUT2D eigenvalue weighted by molar-refractivity contribution is 5.94. The Morgan fingerprint density at radius 1 is 1.21 bits per heavy atom. The number of benzene rings is 2. The summed E-state index contributed by atoms with van der Waals surface area (Å²) in [5.41, 5.74) is 6.63. The van der Waals surface area contributed by atoms with Crippen LogP contribution in [0.5, 0.6) is 5.75 Å². The number of hydrogen-bond acceptors (Lipinski definition) is 4. The van der Waals surface area contributed by atoms with Gasteiger partial charge in [0.2, 0.25) is 0 Å². The second-order valence-corrected chi connectivity index (χ2v) is 8.15. The number of aryl methyl sites for hydroxylation is 1. The minimum absolute atomic E-state index is 0.101. The zero-order chi connectivity index (χ0) is 19.4. The van der Waals surface area contributed by atoms with Gasteiger partial charge < -0.3 is 10.1 Å². The number of ketones is 1. The molecule has 144 valence electrons.